The highest BCUT2D eigenvalue weighted by atomic mass is 16.5. The van der Waals surface area contributed by atoms with E-state index in [0.717, 1.165) is 46.6 Å². The molecule has 0 amide bonds. The Kier molecular flexibility index (Phi) is 27.1. The van der Waals surface area contributed by atoms with Crippen molar-refractivity contribution < 1.29 is 37.7 Å². The van der Waals surface area contributed by atoms with Gasteiger partial charge in [0.25, 0.3) is 0 Å². The van der Waals surface area contributed by atoms with Crippen molar-refractivity contribution in [1.29, 1.82) is 0 Å². The van der Waals surface area contributed by atoms with Gasteiger partial charge in [-0.1, -0.05) is 204 Å². The van der Waals surface area contributed by atoms with Crippen molar-refractivity contribution in [3.63, 3.8) is 0 Å². The van der Waals surface area contributed by atoms with E-state index in [1.54, 1.807) is 48.5 Å². The van der Waals surface area contributed by atoms with Crippen molar-refractivity contribution >= 4 is 27.0 Å². The van der Waals surface area contributed by atoms with Gasteiger partial charge >= 0.3 is 27.0 Å². The fourth-order valence-corrected chi connectivity index (χ4v) is 9.83. The Morgan fingerprint density at radius 3 is 0.988 bits per heavy atom. The number of fused-ring (bicyclic) bond motifs is 2. The molecule has 0 saturated carbocycles. The maximum absolute atomic E-state index is 12.9. The van der Waals surface area contributed by atoms with Crippen molar-refractivity contribution in [1.82, 2.24) is 9.19 Å². The number of esters is 2. The topological polar surface area (TPSA) is 88.7 Å². The van der Waals surface area contributed by atoms with E-state index in [0.29, 0.717) is 35.8 Å². The molecule has 418 valence electrons. The molecule has 12 heteroatoms. The van der Waals surface area contributed by atoms with Crippen LogP contribution in [-0.2, 0) is 0 Å². The fourth-order valence-electron chi connectivity index (χ4n) is 9.83. The lowest BCUT2D eigenvalue weighted by Gasteiger charge is -2.08. The molecular formula is C68H86B2N4O6+2. The number of hydrogen-bond acceptors (Lipinski definition) is 6. The van der Waals surface area contributed by atoms with Gasteiger partial charge in [0.2, 0.25) is 0 Å². The van der Waals surface area contributed by atoms with Crippen molar-refractivity contribution in [2.45, 2.75) is 194 Å². The van der Waals surface area contributed by atoms with Crippen LogP contribution >= 0.6 is 0 Å². The Balaban J connectivity index is 0.744. The Labute approximate surface area is 480 Å². The lowest BCUT2D eigenvalue weighted by atomic mass is 10.0. The zero-order valence-corrected chi connectivity index (χ0v) is 48.2. The van der Waals surface area contributed by atoms with Gasteiger partial charge in [-0.2, -0.15) is 9.19 Å². The number of carbonyl (C=O) groups excluding carboxylic acids is 2. The van der Waals surface area contributed by atoms with Gasteiger partial charge in [0.15, 0.2) is 12.4 Å². The van der Waals surface area contributed by atoms with Crippen molar-refractivity contribution in [2.75, 3.05) is 13.2 Å². The molecule has 6 aromatic rings. The third-order valence-electron chi connectivity index (χ3n) is 14.6. The summed E-state index contributed by atoms with van der Waals surface area (Å²) >= 11 is 0. The molecule has 0 unspecified atom stereocenters. The van der Waals surface area contributed by atoms with Crippen LogP contribution in [0.3, 0.4) is 0 Å². The lowest BCUT2D eigenvalue weighted by molar-refractivity contribution is -0.742. The first kappa shape index (κ1) is 60.7. The number of nitrogens with zero attached hydrogens (tertiary/aromatic N) is 4. The standard InChI is InChI=1S/C68H86B2N4O6/c1-3-5-7-9-11-13-15-17-19-21-23-25-27-29-51-77-63-47-39-61(40-48-63)67(75)79-65-43-35-57(36-44-65)31-33-59-53-71-69-73-55-60(56-74(73)70-72(71)54-59)34-32-58-37-45-66(46-38-58)80-68(76)62-41-49-64(50-42-62)78-52-30-28-26-24-22-20-18-16-14-12-10-8-6-4-2/h35-50,53-56H,3-30,51-52H2,1-2H3/q+2. The van der Waals surface area contributed by atoms with Gasteiger partial charge in [-0.25, -0.2) is 9.59 Å². The molecule has 0 saturated heterocycles. The molecule has 1 aliphatic rings. The van der Waals surface area contributed by atoms with E-state index in [9.17, 15) is 9.59 Å². The van der Waals surface area contributed by atoms with E-state index < -0.39 is 11.9 Å². The molecule has 0 atom stereocenters. The largest absolute Gasteiger partial charge is 1.04 e. The second kappa shape index (κ2) is 35.7. The molecule has 0 N–H and O–H groups in total. The number of carbonyl (C=O) groups is 2. The summed E-state index contributed by atoms with van der Waals surface area (Å²) < 4.78 is 31.0. The molecule has 0 fully saturated rings. The van der Waals surface area contributed by atoms with Crippen LogP contribution in [0.25, 0.3) is 0 Å². The summed E-state index contributed by atoms with van der Waals surface area (Å²) in [5.41, 5.74) is 4.18. The molecule has 3 heterocycles. The number of benzene rings is 4. The number of unbranched alkanes of at least 4 members (excludes halogenated alkanes) is 26. The first-order valence-corrected chi connectivity index (χ1v) is 30.5. The van der Waals surface area contributed by atoms with Gasteiger partial charge in [0.05, 0.1) is 36.7 Å². The Morgan fingerprint density at radius 2 is 0.662 bits per heavy atom. The second-order valence-electron chi connectivity index (χ2n) is 21.4. The van der Waals surface area contributed by atoms with Crippen LogP contribution in [0.4, 0.5) is 0 Å². The molecule has 0 spiro atoms. The Bertz CT molecular complexity index is 2640. The minimum atomic E-state index is -0.422. The van der Waals surface area contributed by atoms with E-state index >= 15 is 0 Å². The molecular weight excluding hydrogens is 990 g/mol. The van der Waals surface area contributed by atoms with Gasteiger partial charge in [-0.05, 0) is 110 Å². The van der Waals surface area contributed by atoms with Crippen molar-refractivity contribution in [3.05, 3.63) is 155 Å². The smallest absolute Gasteiger partial charge is 0.494 e. The number of ether oxygens (including phenoxy) is 4. The van der Waals surface area contributed by atoms with Crippen LogP contribution in [-0.4, -0.2) is 49.4 Å². The number of rotatable bonds is 36. The zero-order chi connectivity index (χ0) is 55.7. The number of hydrogen-bond donors (Lipinski definition) is 0. The molecule has 1 aliphatic heterocycles. The Morgan fingerprint density at radius 1 is 0.375 bits per heavy atom. The van der Waals surface area contributed by atoms with Gasteiger partial charge in [-0.15, -0.1) is 9.19 Å². The summed E-state index contributed by atoms with van der Waals surface area (Å²) in [6, 6.07) is 28.7. The maximum Gasteiger partial charge on any atom is 1.04 e. The van der Waals surface area contributed by atoms with E-state index in [2.05, 4.69) is 37.5 Å². The third-order valence-corrected chi connectivity index (χ3v) is 14.6. The number of aromatic nitrogens is 4. The second-order valence-corrected chi connectivity index (χ2v) is 21.4. The van der Waals surface area contributed by atoms with Crippen LogP contribution in [0.15, 0.2) is 122 Å². The summed E-state index contributed by atoms with van der Waals surface area (Å²) in [6.45, 7) is 5.92. The van der Waals surface area contributed by atoms with Crippen LogP contribution in [0, 0.1) is 23.7 Å². The average Bonchev–Trinajstić information content (AvgIpc) is 4.13. The summed E-state index contributed by atoms with van der Waals surface area (Å²) in [6.07, 6.45) is 45.0. The predicted molar refractivity (Wildman–Crippen MR) is 322 cm³/mol. The average molecular weight is 1080 g/mol. The van der Waals surface area contributed by atoms with Gasteiger partial charge < -0.3 is 18.9 Å². The van der Waals surface area contributed by atoms with Gasteiger partial charge in [0, 0.05) is 11.1 Å². The molecule has 2 radical (unpaired) electrons. The lowest BCUT2D eigenvalue weighted by Crippen LogP contribution is -2.72. The molecule has 80 heavy (non-hydrogen) atoms. The van der Waals surface area contributed by atoms with Crippen molar-refractivity contribution in [3.8, 4) is 46.7 Å². The maximum atomic E-state index is 12.9. The minimum absolute atomic E-state index is 0.422. The summed E-state index contributed by atoms with van der Waals surface area (Å²) in [5, 5.41) is 0. The van der Waals surface area contributed by atoms with Crippen LogP contribution in [0.2, 0.25) is 0 Å². The quantitative estimate of drug-likeness (QED) is 0.0128. The highest BCUT2D eigenvalue weighted by Crippen LogP contribution is 2.21. The monoisotopic (exact) mass is 1080 g/mol. The van der Waals surface area contributed by atoms with Crippen LogP contribution in [0.1, 0.15) is 237 Å². The summed E-state index contributed by atoms with van der Waals surface area (Å²) in [7, 11) is 3.87. The third kappa shape index (κ3) is 22.3. The first-order chi connectivity index (χ1) is 39.4. The van der Waals surface area contributed by atoms with Crippen LogP contribution in [0.5, 0.6) is 23.0 Å². The molecule has 2 aromatic heterocycles. The Hall–Kier alpha value is -6.91. The summed E-state index contributed by atoms with van der Waals surface area (Å²) in [4.78, 5) is 25.8. The summed E-state index contributed by atoms with van der Waals surface area (Å²) in [5.74, 6) is 14.5. The first-order valence-electron chi connectivity index (χ1n) is 30.5. The molecule has 0 bridgehead atoms. The normalized spacial score (nSPS) is 11.2. The highest BCUT2D eigenvalue weighted by Gasteiger charge is 2.40. The van der Waals surface area contributed by atoms with E-state index in [1.165, 1.54) is 167 Å². The van der Waals surface area contributed by atoms with E-state index in [4.69, 9.17) is 18.9 Å². The highest BCUT2D eigenvalue weighted by molar-refractivity contribution is 6.32. The minimum Gasteiger partial charge on any atom is -0.494 e. The molecule has 0 aliphatic carbocycles. The predicted octanol–water partition coefficient (Wildman–Crippen LogP) is 15.0. The van der Waals surface area contributed by atoms with Crippen molar-refractivity contribution in [2.24, 2.45) is 0 Å². The van der Waals surface area contributed by atoms with Gasteiger partial charge in [-0.3, -0.25) is 0 Å². The molecule has 4 aromatic carbocycles. The van der Waals surface area contributed by atoms with Gasteiger partial charge in [0.1, 0.15) is 34.1 Å². The molecule has 7 rings (SSSR count). The van der Waals surface area contributed by atoms with E-state index in [-0.39, 0.29) is 0 Å². The fraction of sp³-hybridized carbons (Fsp3) is 0.471. The van der Waals surface area contributed by atoms with Crippen LogP contribution < -0.4 is 28.1 Å². The zero-order valence-electron chi connectivity index (χ0n) is 48.2. The molecule has 10 nitrogen and oxygen atoms in total. The van der Waals surface area contributed by atoms with E-state index in [1.807, 2.05) is 107 Å². The SMILES string of the molecule is CCCCCCCCCCCCCCCCOc1ccc(C(=O)Oc2ccc(C#Cc3cn4[n+](c3)[B][n+]3cc(C#Cc5ccc(OC(=O)c6ccc(OCCCCCCCCCCCCCCCC)cc6)cc5)cn3[B]4)cc2)cc1.